The molecule has 1 aromatic carbocycles. The van der Waals surface area contributed by atoms with Gasteiger partial charge >= 0.3 is 0 Å². The van der Waals surface area contributed by atoms with Crippen LogP contribution in [0.4, 0.5) is 0 Å². The first-order valence-electron chi connectivity index (χ1n) is 6.91. The zero-order valence-corrected chi connectivity index (χ0v) is 11.0. The summed E-state index contributed by atoms with van der Waals surface area (Å²) in [5, 5.41) is 7.99. The quantitative estimate of drug-likeness (QED) is 0.786. The predicted octanol–water partition coefficient (Wildman–Crippen LogP) is 3.41. The lowest BCUT2D eigenvalue weighted by atomic mass is 10.1. The topological polar surface area (TPSA) is 50.8 Å². The molecule has 4 nitrogen and oxygen atoms in total. The third-order valence-corrected chi connectivity index (χ3v) is 3.66. The Morgan fingerprint density at radius 2 is 2.00 bits per heavy atom. The maximum absolute atomic E-state index is 5.74. The summed E-state index contributed by atoms with van der Waals surface area (Å²) < 4.78 is 5.74. The van der Waals surface area contributed by atoms with Gasteiger partial charge in [0.15, 0.2) is 0 Å². The van der Waals surface area contributed by atoms with Crippen molar-refractivity contribution in [3.05, 3.63) is 42.7 Å². The number of H-pyrrole nitrogens is 1. The van der Waals surface area contributed by atoms with E-state index in [1.807, 2.05) is 30.6 Å². The van der Waals surface area contributed by atoms with Crippen LogP contribution in [0.15, 0.2) is 42.7 Å². The van der Waals surface area contributed by atoms with Gasteiger partial charge in [-0.25, -0.2) is 0 Å². The van der Waals surface area contributed by atoms with Crippen LogP contribution >= 0.6 is 0 Å². The van der Waals surface area contributed by atoms with E-state index < -0.39 is 0 Å². The molecule has 0 spiro atoms. The maximum Gasteiger partial charge on any atom is 0.119 e. The Balaban J connectivity index is 1.57. The number of rotatable bonds is 4. The molecule has 100 valence electrons. The van der Waals surface area contributed by atoms with E-state index in [1.165, 1.54) is 12.8 Å². The van der Waals surface area contributed by atoms with Gasteiger partial charge in [0.2, 0.25) is 0 Å². The summed E-state index contributed by atoms with van der Waals surface area (Å²) in [6, 6.07) is 10.2. The SMILES string of the molecule is c1cc(-c2cc3cn[nH]c3cn2)ccc1OCC1CC1. The summed E-state index contributed by atoms with van der Waals surface area (Å²) in [6.07, 6.45) is 6.25. The van der Waals surface area contributed by atoms with Gasteiger partial charge < -0.3 is 4.74 Å². The monoisotopic (exact) mass is 265 g/mol. The fraction of sp³-hybridized carbons (Fsp3) is 0.250. The molecule has 1 N–H and O–H groups in total. The maximum atomic E-state index is 5.74. The molecule has 0 saturated heterocycles. The van der Waals surface area contributed by atoms with Crippen molar-refractivity contribution in [1.29, 1.82) is 0 Å². The lowest BCUT2D eigenvalue weighted by Crippen LogP contribution is -1.98. The number of pyridine rings is 1. The third kappa shape index (κ3) is 2.25. The van der Waals surface area contributed by atoms with E-state index in [9.17, 15) is 0 Å². The first-order valence-corrected chi connectivity index (χ1v) is 6.91. The summed E-state index contributed by atoms with van der Waals surface area (Å²) in [4.78, 5) is 4.45. The van der Waals surface area contributed by atoms with E-state index in [4.69, 9.17) is 4.74 Å². The summed E-state index contributed by atoms with van der Waals surface area (Å²) >= 11 is 0. The Labute approximate surface area is 116 Å². The van der Waals surface area contributed by atoms with Gasteiger partial charge in [-0.1, -0.05) is 0 Å². The molecular formula is C16H15N3O. The van der Waals surface area contributed by atoms with Gasteiger partial charge in [-0.2, -0.15) is 5.10 Å². The van der Waals surface area contributed by atoms with E-state index >= 15 is 0 Å². The average molecular weight is 265 g/mol. The van der Waals surface area contributed by atoms with Crippen molar-refractivity contribution < 1.29 is 4.74 Å². The normalized spacial score (nSPS) is 14.6. The number of nitrogens with one attached hydrogen (secondary N) is 1. The molecule has 1 saturated carbocycles. The first-order chi connectivity index (χ1) is 9.88. The molecule has 1 aliphatic carbocycles. The smallest absolute Gasteiger partial charge is 0.119 e. The highest BCUT2D eigenvalue weighted by Crippen LogP contribution is 2.30. The molecule has 4 rings (SSSR count). The zero-order chi connectivity index (χ0) is 13.4. The molecule has 1 fully saturated rings. The highest BCUT2D eigenvalue weighted by atomic mass is 16.5. The van der Waals surface area contributed by atoms with Crippen LogP contribution in [0.1, 0.15) is 12.8 Å². The molecular weight excluding hydrogens is 250 g/mol. The largest absolute Gasteiger partial charge is 0.493 e. The lowest BCUT2D eigenvalue weighted by Gasteiger charge is -2.06. The highest BCUT2D eigenvalue weighted by Gasteiger charge is 2.21. The van der Waals surface area contributed by atoms with Gasteiger partial charge in [0.05, 0.1) is 30.2 Å². The second-order valence-corrected chi connectivity index (χ2v) is 5.31. The fourth-order valence-electron chi connectivity index (χ4n) is 2.22. The molecule has 0 amide bonds. The zero-order valence-electron chi connectivity index (χ0n) is 11.0. The van der Waals surface area contributed by atoms with Crippen LogP contribution in [0, 0.1) is 5.92 Å². The minimum atomic E-state index is 0.778. The summed E-state index contributed by atoms with van der Waals surface area (Å²) in [5.74, 6) is 1.71. The molecule has 3 aromatic rings. The number of benzene rings is 1. The molecule has 0 aliphatic heterocycles. The summed E-state index contributed by atoms with van der Waals surface area (Å²) in [7, 11) is 0. The van der Waals surface area contributed by atoms with E-state index in [1.54, 1.807) is 0 Å². The van der Waals surface area contributed by atoms with Crippen molar-refractivity contribution in [2.24, 2.45) is 5.92 Å². The Hall–Kier alpha value is -2.36. The average Bonchev–Trinajstić information content (AvgIpc) is 3.21. The van der Waals surface area contributed by atoms with Crippen molar-refractivity contribution in [3.63, 3.8) is 0 Å². The van der Waals surface area contributed by atoms with Crippen LogP contribution in [-0.2, 0) is 0 Å². The van der Waals surface area contributed by atoms with Gasteiger partial charge in [0, 0.05) is 10.9 Å². The minimum absolute atomic E-state index is 0.778. The highest BCUT2D eigenvalue weighted by molar-refractivity contribution is 5.81. The molecule has 0 radical (unpaired) electrons. The van der Waals surface area contributed by atoms with E-state index in [0.29, 0.717) is 0 Å². The molecule has 2 heterocycles. The summed E-state index contributed by atoms with van der Waals surface area (Å²) in [5.41, 5.74) is 3.00. The van der Waals surface area contributed by atoms with Crippen molar-refractivity contribution in [3.8, 4) is 17.0 Å². The van der Waals surface area contributed by atoms with Crippen molar-refractivity contribution in [2.75, 3.05) is 6.61 Å². The van der Waals surface area contributed by atoms with Crippen LogP contribution in [-0.4, -0.2) is 21.8 Å². The molecule has 0 bridgehead atoms. The number of ether oxygens (including phenoxy) is 1. The molecule has 2 aromatic heterocycles. The van der Waals surface area contributed by atoms with Crippen molar-refractivity contribution in [1.82, 2.24) is 15.2 Å². The van der Waals surface area contributed by atoms with Gasteiger partial charge in [-0.3, -0.25) is 10.1 Å². The van der Waals surface area contributed by atoms with Crippen LogP contribution in [0.2, 0.25) is 0 Å². The number of aromatic amines is 1. The Morgan fingerprint density at radius 1 is 1.15 bits per heavy atom. The fourth-order valence-corrected chi connectivity index (χ4v) is 2.22. The Kier molecular flexibility index (Phi) is 2.66. The molecule has 0 unspecified atom stereocenters. The molecule has 20 heavy (non-hydrogen) atoms. The number of fused-ring (bicyclic) bond motifs is 1. The Bertz CT molecular complexity index is 729. The second-order valence-electron chi connectivity index (χ2n) is 5.31. The predicted molar refractivity (Wildman–Crippen MR) is 77.5 cm³/mol. The molecule has 1 aliphatic rings. The molecule has 0 atom stereocenters. The van der Waals surface area contributed by atoms with Gasteiger partial charge in [-0.15, -0.1) is 0 Å². The van der Waals surface area contributed by atoms with Crippen molar-refractivity contribution >= 4 is 10.9 Å². The number of aromatic nitrogens is 3. The van der Waals surface area contributed by atoms with E-state index in [2.05, 4.69) is 27.3 Å². The van der Waals surface area contributed by atoms with Crippen LogP contribution < -0.4 is 4.74 Å². The van der Waals surface area contributed by atoms with Gasteiger partial charge in [0.25, 0.3) is 0 Å². The molecule has 4 heteroatoms. The van der Waals surface area contributed by atoms with Crippen LogP contribution in [0.5, 0.6) is 5.75 Å². The van der Waals surface area contributed by atoms with Crippen LogP contribution in [0.3, 0.4) is 0 Å². The number of hydrogen-bond acceptors (Lipinski definition) is 3. The van der Waals surface area contributed by atoms with Crippen LogP contribution in [0.25, 0.3) is 22.2 Å². The van der Waals surface area contributed by atoms with E-state index in [0.717, 1.165) is 40.4 Å². The van der Waals surface area contributed by atoms with Crippen molar-refractivity contribution in [2.45, 2.75) is 12.8 Å². The lowest BCUT2D eigenvalue weighted by molar-refractivity contribution is 0.300. The third-order valence-electron chi connectivity index (χ3n) is 3.66. The van der Waals surface area contributed by atoms with Gasteiger partial charge in [-0.05, 0) is 49.1 Å². The number of nitrogens with zero attached hydrogens (tertiary/aromatic N) is 2. The standard InChI is InChI=1S/C16H15N3O/c1-2-11(1)10-20-14-5-3-12(4-6-14)15-7-13-8-18-19-16(13)9-17-15/h3-9,11H,1-2,10H2,(H,18,19). The Morgan fingerprint density at radius 3 is 2.80 bits per heavy atom. The number of hydrogen-bond donors (Lipinski definition) is 1. The summed E-state index contributed by atoms with van der Waals surface area (Å²) in [6.45, 7) is 0.846. The van der Waals surface area contributed by atoms with Gasteiger partial charge in [0.1, 0.15) is 5.75 Å². The first kappa shape index (κ1) is 11.5. The van der Waals surface area contributed by atoms with E-state index in [-0.39, 0.29) is 0 Å². The minimum Gasteiger partial charge on any atom is -0.493 e. The second kappa shape index (κ2) is 4.63.